The molecule has 1 aliphatic rings. The quantitative estimate of drug-likeness (QED) is 0.239. The Morgan fingerprint density at radius 1 is 1.11 bits per heavy atom. The summed E-state index contributed by atoms with van der Waals surface area (Å²) >= 11 is 0. The molecule has 5 rings (SSSR count). The van der Waals surface area contributed by atoms with E-state index in [-0.39, 0.29) is 25.0 Å². The van der Waals surface area contributed by atoms with Crippen molar-refractivity contribution < 1.29 is 28.3 Å². The number of hydrogen-bond acceptors (Lipinski definition) is 9. The van der Waals surface area contributed by atoms with Gasteiger partial charge in [0.05, 0.1) is 18.4 Å². The summed E-state index contributed by atoms with van der Waals surface area (Å²) in [5.41, 5.74) is 0.627. The number of nitrogens with zero attached hydrogens (tertiary/aromatic N) is 6. The average Bonchev–Trinajstić information content (AvgIpc) is 3.57. The molecule has 2 aromatic heterocycles. The molecule has 1 aliphatic heterocycles. The molecule has 13 heteroatoms. The van der Waals surface area contributed by atoms with E-state index in [1.165, 1.54) is 6.20 Å². The lowest BCUT2D eigenvalue weighted by atomic mass is 10.1. The highest BCUT2D eigenvalue weighted by Crippen LogP contribution is 2.31. The van der Waals surface area contributed by atoms with E-state index in [0.29, 0.717) is 29.5 Å². The third-order valence-corrected chi connectivity index (χ3v) is 5.36. The molecule has 0 fully saturated rings. The van der Waals surface area contributed by atoms with Gasteiger partial charge < -0.3 is 29.1 Å². The molecule has 0 saturated carbocycles. The van der Waals surface area contributed by atoms with Gasteiger partial charge in [0.1, 0.15) is 42.4 Å². The van der Waals surface area contributed by atoms with Crippen LogP contribution >= 0.6 is 0 Å². The summed E-state index contributed by atoms with van der Waals surface area (Å²) < 4.78 is 37.6. The van der Waals surface area contributed by atoms with Gasteiger partial charge in [-0.25, -0.2) is 9.07 Å². The SMILES string of the molecule is C[C@]1(COc2cccc(-n3cc(COc4ccc(OCF)cc4)nn3)c2)Cn2cc([N+](=O)[O-])nc2O1. The van der Waals surface area contributed by atoms with Gasteiger partial charge in [0.15, 0.2) is 5.60 Å². The van der Waals surface area contributed by atoms with Crippen LogP contribution in [0.3, 0.4) is 0 Å². The largest absolute Gasteiger partial charge is 0.489 e. The third-order valence-electron chi connectivity index (χ3n) is 5.36. The lowest BCUT2D eigenvalue weighted by molar-refractivity contribution is -0.389. The Morgan fingerprint density at radius 3 is 2.61 bits per heavy atom. The van der Waals surface area contributed by atoms with Crippen LogP contribution in [0.25, 0.3) is 5.69 Å². The van der Waals surface area contributed by atoms with E-state index < -0.39 is 17.4 Å². The zero-order valence-electron chi connectivity index (χ0n) is 19.1. The lowest BCUT2D eigenvalue weighted by Gasteiger charge is -2.22. The highest BCUT2D eigenvalue weighted by molar-refractivity contribution is 5.39. The summed E-state index contributed by atoms with van der Waals surface area (Å²) in [6.07, 6.45) is 3.09. The van der Waals surface area contributed by atoms with E-state index in [0.717, 1.165) is 5.69 Å². The van der Waals surface area contributed by atoms with Gasteiger partial charge in [-0.05, 0) is 48.2 Å². The highest BCUT2D eigenvalue weighted by atomic mass is 19.1. The number of ether oxygens (including phenoxy) is 4. The standard InChI is InChI=1S/C23H21FN6O6/c1-23(13-28-11-21(30(31)32)25-22(28)36-23)14-34-20-4-2-3-17(9-20)29-10-16(26-27-29)12-33-18-5-7-19(8-6-18)35-15-24/h2-11H,12-15H2,1H3/t23-/m1/s1. The Morgan fingerprint density at radius 2 is 1.89 bits per heavy atom. The van der Waals surface area contributed by atoms with E-state index in [1.807, 2.05) is 31.2 Å². The molecular formula is C23H21FN6O6. The van der Waals surface area contributed by atoms with Crippen LogP contribution in [0.4, 0.5) is 10.2 Å². The lowest BCUT2D eigenvalue weighted by Crippen LogP contribution is -2.38. The topological polar surface area (TPSA) is 129 Å². The normalized spacial score (nSPS) is 16.3. The number of hydrogen-bond donors (Lipinski definition) is 0. The molecule has 0 amide bonds. The molecular weight excluding hydrogens is 475 g/mol. The molecule has 0 N–H and O–H groups in total. The van der Waals surface area contributed by atoms with Crippen LogP contribution in [-0.4, -0.2) is 48.5 Å². The molecule has 0 unspecified atom stereocenters. The van der Waals surface area contributed by atoms with Crippen molar-refractivity contribution in [2.45, 2.75) is 25.7 Å². The molecule has 3 heterocycles. The van der Waals surface area contributed by atoms with Gasteiger partial charge in [-0.3, -0.25) is 4.57 Å². The Hall–Kier alpha value is -4.68. The number of aromatic nitrogens is 5. The van der Waals surface area contributed by atoms with Crippen LogP contribution < -0.4 is 18.9 Å². The van der Waals surface area contributed by atoms with Crippen LogP contribution in [0, 0.1) is 10.1 Å². The summed E-state index contributed by atoms with van der Waals surface area (Å²) in [5.74, 6) is 1.35. The molecule has 12 nitrogen and oxygen atoms in total. The molecule has 0 aliphatic carbocycles. The monoisotopic (exact) mass is 496 g/mol. The maximum atomic E-state index is 12.2. The number of alkyl halides is 1. The Bertz CT molecular complexity index is 1350. The molecule has 186 valence electrons. The van der Waals surface area contributed by atoms with Crippen molar-refractivity contribution in [2.75, 3.05) is 13.5 Å². The van der Waals surface area contributed by atoms with Crippen LogP contribution in [0.1, 0.15) is 12.6 Å². The molecule has 36 heavy (non-hydrogen) atoms. The van der Waals surface area contributed by atoms with Gasteiger partial charge in [0.2, 0.25) is 6.86 Å². The minimum atomic E-state index is -0.888. The second kappa shape index (κ2) is 9.52. The Balaban J connectivity index is 1.17. The number of benzene rings is 2. The molecule has 0 spiro atoms. The van der Waals surface area contributed by atoms with E-state index in [4.69, 9.17) is 18.9 Å². The number of imidazole rings is 1. The smallest absolute Gasteiger partial charge is 0.415 e. The predicted molar refractivity (Wildman–Crippen MR) is 122 cm³/mol. The van der Waals surface area contributed by atoms with Gasteiger partial charge in [0.25, 0.3) is 0 Å². The van der Waals surface area contributed by atoms with Gasteiger partial charge in [-0.1, -0.05) is 11.3 Å². The van der Waals surface area contributed by atoms with Gasteiger partial charge in [-0.2, -0.15) is 0 Å². The van der Waals surface area contributed by atoms with Gasteiger partial charge in [-0.15, -0.1) is 5.10 Å². The zero-order chi connectivity index (χ0) is 25.1. The number of nitro groups is 1. The molecule has 0 saturated heterocycles. The van der Waals surface area contributed by atoms with Crippen molar-refractivity contribution in [1.29, 1.82) is 0 Å². The van der Waals surface area contributed by atoms with Crippen molar-refractivity contribution >= 4 is 5.82 Å². The Labute approximate surface area is 203 Å². The van der Waals surface area contributed by atoms with E-state index in [1.54, 1.807) is 39.7 Å². The first-order chi connectivity index (χ1) is 17.4. The first-order valence-electron chi connectivity index (χ1n) is 10.9. The van der Waals surface area contributed by atoms with Crippen molar-refractivity contribution in [3.05, 3.63) is 76.7 Å². The zero-order valence-corrected chi connectivity index (χ0v) is 19.1. The number of rotatable bonds is 10. The summed E-state index contributed by atoms with van der Waals surface area (Å²) in [5, 5.41) is 19.2. The molecule has 0 bridgehead atoms. The maximum Gasteiger partial charge on any atom is 0.415 e. The fourth-order valence-corrected chi connectivity index (χ4v) is 3.65. The first-order valence-corrected chi connectivity index (χ1v) is 10.9. The van der Waals surface area contributed by atoms with Crippen molar-refractivity contribution in [3.8, 4) is 28.9 Å². The van der Waals surface area contributed by atoms with Crippen molar-refractivity contribution in [3.63, 3.8) is 0 Å². The molecule has 0 radical (unpaired) electrons. The summed E-state index contributed by atoms with van der Waals surface area (Å²) in [6, 6.07) is 14.1. The van der Waals surface area contributed by atoms with Crippen molar-refractivity contribution in [1.82, 2.24) is 24.5 Å². The summed E-state index contributed by atoms with van der Waals surface area (Å²) in [4.78, 5) is 14.2. The van der Waals surface area contributed by atoms with Crippen molar-refractivity contribution in [2.24, 2.45) is 0 Å². The maximum absolute atomic E-state index is 12.2. The van der Waals surface area contributed by atoms with Crippen LogP contribution in [0.2, 0.25) is 0 Å². The molecule has 2 aromatic carbocycles. The van der Waals surface area contributed by atoms with E-state index in [2.05, 4.69) is 15.3 Å². The van der Waals surface area contributed by atoms with E-state index in [9.17, 15) is 14.5 Å². The second-order valence-corrected chi connectivity index (χ2v) is 8.27. The number of halogens is 1. The van der Waals surface area contributed by atoms with Crippen LogP contribution in [0.5, 0.6) is 23.3 Å². The first kappa shape index (κ1) is 23.1. The minimum absolute atomic E-state index is 0.197. The fraction of sp³-hybridized carbons (Fsp3) is 0.261. The van der Waals surface area contributed by atoms with Crippen LogP contribution in [0.15, 0.2) is 60.9 Å². The molecule has 1 atom stereocenters. The third kappa shape index (κ3) is 5.04. The summed E-state index contributed by atoms with van der Waals surface area (Å²) in [6.45, 7) is 1.74. The van der Waals surface area contributed by atoms with Crippen LogP contribution in [-0.2, 0) is 13.2 Å². The second-order valence-electron chi connectivity index (χ2n) is 8.27. The minimum Gasteiger partial charge on any atom is -0.489 e. The highest BCUT2D eigenvalue weighted by Gasteiger charge is 2.41. The predicted octanol–water partition coefficient (Wildman–Crippen LogP) is 3.49. The van der Waals surface area contributed by atoms with Gasteiger partial charge in [0, 0.05) is 11.1 Å². The molecule has 4 aromatic rings. The number of fused-ring (bicyclic) bond motifs is 1. The van der Waals surface area contributed by atoms with Gasteiger partial charge >= 0.3 is 11.8 Å². The Kier molecular flexibility index (Phi) is 6.10. The van der Waals surface area contributed by atoms with E-state index >= 15 is 0 Å². The fourth-order valence-electron chi connectivity index (χ4n) is 3.65. The average molecular weight is 496 g/mol. The summed E-state index contributed by atoms with van der Waals surface area (Å²) in [7, 11) is 0.